The molecule has 27 heavy (non-hydrogen) atoms. The van der Waals surface area contributed by atoms with Gasteiger partial charge in [-0.2, -0.15) is 4.31 Å². The monoisotopic (exact) mass is 406 g/mol. The third-order valence-corrected chi connectivity index (χ3v) is 6.41. The van der Waals surface area contributed by atoms with Crippen molar-refractivity contribution in [2.45, 2.75) is 25.7 Å². The normalized spacial score (nSPS) is 11.9. The van der Waals surface area contributed by atoms with Gasteiger partial charge in [0, 0.05) is 29.9 Å². The summed E-state index contributed by atoms with van der Waals surface area (Å²) < 4.78 is 26.3. The third kappa shape index (κ3) is 5.42. The molecule has 0 aliphatic heterocycles. The summed E-state index contributed by atoms with van der Waals surface area (Å²) in [5, 5.41) is 3.32. The Morgan fingerprint density at radius 2 is 1.74 bits per heavy atom. The van der Waals surface area contributed by atoms with Crippen molar-refractivity contribution in [3.8, 4) is 0 Å². The molecule has 0 aliphatic rings. The van der Waals surface area contributed by atoms with Gasteiger partial charge in [0.15, 0.2) is 0 Å². The predicted molar refractivity (Wildman–Crippen MR) is 110 cm³/mol. The molecule has 7 heteroatoms. The number of benzene rings is 2. The van der Waals surface area contributed by atoms with Crippen molar-refractivity contribution < 1.29 is 13.2 Å². The number of nitrogens with one attached hydrogen (secondary N) is 1. The van der Waals surface area contributed by atoms with Crippen LogP contribution >= 0.6 is 11.6 Å². The van der Waals surface area contributed by atoms with Crippen LogP contribution < -0.4 is 5.32 Å². The first-order valence-corrected chi connectivity index (χ1v) is 10.4. The standard InChI is InChI=1S/C20H23ClN2O3S/c1-4-23(5-2)27(25,26)18-11-7-16(8-12-18)9-13-20(24)22-19-14-17(21)10-6-15(19)3/h6-14H,4-5H2,1-3H3,(H,22,24)/b13-9+. The smallest absolute Gasteiger partial charge is 0.248 e. The Hall–Kier alpha value is -2.15. The number of sulfonamides is 1. The summed E-state index contributed by atoms with van der Waals surface area (Å²) >= 11 is 5.95. The van der Waals surface area contributed by atoms with Gasteiger partial charge < -0.3 is 5.32 Å². The Labute approximate surface area is 165 Å². The summed E-state index contributed by atoms with van der Waals surface area (Å²) in [5.41, 5.74) is 2.29. The van der Waals surface area contributed by atoms with Crippen LogP contribution in [-0.2, 0) is 14.8 Å². The van der Waals surface area contributed by atoms with E-state index in [0.29, 0.717) is 23.8 Å². The molecule has 2 aromatic rings. The zero-order chi connectivity index (χ0) is 20.0. The molecule has 0 heterocycles. The predicted octanol–water partition coefficient (Wildman–Crippen LogP) is 4.33. The summed E-state index contributed by atoms with van der Waals surface area (Å²) in [6.07, 6.45) is 3.03. The van der Waals surface area contributed by atoms with Gasteiger partial charge in [-0.15, -0.1) is 0 Å². The maximum Gasteiger partial charge on any atom is 0.248 e. The van der Waals surface area contributed by atoms with E-state index in [4.69, 9.17) is 11.6 Å². The molecule has 5 nitrogen and oxygen atoms in total. The van der Waals surface area contributed by atoms with E-state index >= 15 is 0 Å². The third-order valence-electron chi connectivity index (χ3n) is 4.11. The Bertz CT molecular complexity index is 934. The van der Waals surface area contributed by atoms with Crippen LogP contribution in [0.4, 0.5) is 5.69 Å². The van der Waals surface area contributed by atoms with Gasteiger partial charge in [0.1, 0.15) is 0 Å². The number of hydrogen-bond acceptors (Lipinski definition) is 3. The number of carbonyl (C=O) groups excluding carboxylic acids is 1. The number of anilines is 1. The number of hydrogen-bond donors (Lipinski definition) is 1. The van der Waals surface area contributed by atoms with Gasteiger partial charge in [-0.25, -0.2) is 8.42 Å². The van der Waals surface area contributed by atoms with Crippen molar-refractivity contribution >= 4 is 39.3 Å². The summed E-state index contributed by atoms with van der Waals surface area (Å²) in [5.74, 6) is -0.291. The molecule has 0 spiro atoms. The van der Waals surface area contributed by atoms with E-state index in [-0.39, 0.29) is 10.8 Å². The fourth-order valence-corrected chi connectivity index (χ4v) is 4.17. The largest absolute Gasteiger partial charge is 0.322 e. The lowest BCUT2D eigenvalue weighted by molar-refractivity contribution is -0.111. The number of aryl methyl sites for hydroxylation is 1. The lowest BCUT2D eigenvalue weighted by Crippen LogP contribution is -2.30. The maximum absolute atomic E-state index is 12.5. The van der Waals surface area contributed by atoms with Gasteiger partial charge in [-0.05, 0) is 48.4 Å². The molecule has 0 saturated heterocycles. The minimum atomic E-state index is -3.48. The van der Waals surface area contributed by atoms with Gasteiger partial charge in [-0.1, -0.05) is 43.6 Å². The van der Waals surface area contributed by atoms with Crippen LogP contribution in [0.25, 0.3) is 6.08 Å². The van der Waals surface area contributed by atoms with Crippen molar-refractivity contribution in [2.75, 3.05) is 18.4 Å². The van der Waals surface area contributed by atoms with Gasteiger partial charge >= 0.3 is 0 Å². The molecule has 0 aliphatic carbocycles. The molecule has 144 valence electrons. The van der Waals surface area contributed by atoms with E-state index in [1.165, 1.54) is 10.4 Å². The van der Waals surface area contributed by atoms with Crippen LogP contribution in [0.5, 0.6) is 0 Å². The first kappa shape index (κ1) is 21.2. The van der Waals surface area contributed by atoms with Gasteiger partial charge in [0.25, 0.3) is 0 Å². The highest BCUT2D eigenvalue weighted by Crippen LogP contribution is 2.20. The van der Waals surface area contributed by atoms with E-state index in [2.05, 4.69) is 5.32 Å². The van der Waals surface area contributed by atoms with Crippen LogP contribution in [0.3, 0.4) is 0 Å². The lowest BCUT2D eigenvalue weighted by Gasteiger charge is -2.18. The molecule has 1 amide bonds. The Kier molecular flexibility index (Phi) is 7.18. The maximum atomic E-state index is 12.5. The molecule has 0 fully saturated rings. The van der Waals surface area contributed by atoms with Gasteiger partial charge in [-0.3, -0.25) is 4.79 Å². The molecule has 2 rings (SSSR count). The van der Waals surface area contributed by atoms with Crippen molar-refractivity contribution in [1.82, 2.24) is 4.31 Å². The first-order valence-electron chi connectivity index (χ1n) is 8.63. The Morgan fingerprint density at radius 3 is 2.33 bits per heavy atom. The summed E-state index contributed by atoms with van der Waals surface area (Å²) in [4.78, 5) is 12.3. The number of nitrogens with zero attached hydrogens (tertiary/aromatic N) is 1. The number of amides is 1. The fraction of sp³-hybridized carbons (Fsp3) is 0.250. The van der Waals surface area contributed by atoms with E-state index in [0.717, 1.165) is 11.1 Å². The minimum Gasteiger partial charge on any atom is -0.322 e. The highest BCUT2D eigenvalue weighted by molar-refractivity contribution is 7.89. The quantitative estimate of drug-likeness (QED) is 0.696. The second kappa shape index (κ2) is 9.17. The highest BCUT2D eigenvalue weighted by atomic mass is 35.5. The molecular weight excluding hydrogens is 384 g/mol. The van der Waals surface area contributed by atoms with Crippen LogP contribution in [0.1, 0.15) is 25.0 Å². The van der Waals surface area contributed by atoms with E-state index in [1.54, 1.807) is 56.3 Å². The summed E-state index contributed by atoms with van der Waals surface area (Å²) in [6.45, 7) is 6.33. The molecule has 0 aromatic heterocycles. The van der Waals surface area contributed by atoms with Crippen molar-refractivity contribution in [1.29, 1.82) is 0 Å². The lowest BCUT2D eigenvalue weighted by atomic mass is 10.2. The zero-order valence-electron chi connectivity index (χ0n) is 15.6. The van der Waals surface area contributed by atoms with E-state index in [9.17, 15) is 13.2 Å². The number of rotatable bonds is 7. The van der Waals surface area contributed by atoms with Crippen LogP contribution in [0, 0.1) is 6.92 Å². The van der Waals surface area contributed by atoms with Crippen molar-refractivity contribution in [3.05, 3.63) is 64.7 Å². The van der Waals surface area contributed by atoms with Gasteiger partial charge in [0.05, 0.1) is 4.90 Å². The minimum absolute atomic E-state index is 0.238. The van der Waals surface area contributed by atoms with Gasteiger partial charge in [0.2, 0.25) is 15.9 Å². The molecule has 1 N–H and O–H groups in total. The topological polar surface area (TPSA) is 66.5 Å². The number of carbonyl (C=O) groups is 1. The molecule has 0 atom stereocenters. The molecule has 0 bridgehead atoms. The molecule has 2 aromatic carbocycles. The Morgan fingerprint density at radius 1 is 1.11 bits per heavy atom. The zero-order valence-corrected chi connectivity index (χ0v) is 17.1. The molecular formula is C20H23ClN2O3S. The van der Waals surface area contributed by atoms with E-state index in [1.807, 2.05) is 13.0 Å². The highest BCUT2D eigenvalue weighted by Gasteiger charge is 2.20. The van der Waals surface area contributed by atoms with Crippen LogP contribution in [-0.4, -0.2) is 31.7 Å². The summed E-state index contributed by atoms with van der Waals surface area (Å²) in [7, 11) is -3.48. The average molecular weight is 407 g/mol. The summed E-state index contributed by atoms with van der Waals surface area (Å²) in [6, 6.07) is 11.7. The number of halogens is 1. The Balaban J connectivity index is 2.09. The SMILES string of the molecule is CCN(CC)S(=O)(=O)c1ccc(/C=C/C(=O)Nc2cc(Cl)ccc2C)cc1. The molecule has 0 saturated carbocycles. The first-order chi connectivity index (χ1) is 12.8. The molecule has 0 radical (unpaired) electrons. The van der Waals surface area contributed by atoms with Crippen molar-refractivity contribution in [3.63, 3.8) is 0 Å². The van der Waals surface area contributed by atoms with Crippen LogP contribution in [0.2, 0.25) is 5.02 Å². The second-order valence-electron chi connectivity index (χ2n) is 5.94. The molecule has 0 unspecified atom stereocenters. The average Bonchev–Trinajstić information content (AvgIpc) is 2.64. The van der Waals surface area contributed by atoms with Crippen molar-refractivity contribution in [2.24, 2.45) is 0 Å². The van der Waals surface area contributed by atoms with Crippen LogP contribution in [0.15, 0.2) is 53.4 Å². The van der Waals surface area contributed by atoms with E-state index < -0.39 is 10.0 Å². The second-order valence-corrected chi connectivity index (χ2v) is 8.31. The fourth-order valence-electron chi connectivity index (χ4n) is 2.54.